The molecule has 1 rings (SSSR count). The Balaban J connectivity index is 2.72. The molecule has 0 aromatic carbocycles. The first-order valence-corrected chi connectivity index (χ1v) is 30.2. The molecule has 68 heavy (non-hydrogen) atoms. The third-order valence-corrected chi connectivity index (χ3v) is 14.7. The molecule has 8 heteroatoms. The van der Waals surface area contributed by atoms with E-state index in [4.69, 9.17) is 14.2 Å². The quantitative estimate of drug-likeness (QED) is 0.0339. The minimum atomic E-state index is -0.845. The van der Waals surface area contributed by atoms with Gasteiger partial charge in [-0.3, -0.25) is 14.4 Å². The molecule has 1 saturated heterocycles. The first-order valence-electron chi connectivity index (χ1n) is 30.2. The van der Waals surface area contributed by atoms with Crippen molar-refractivity contribution in [3.05, 3.63) is 0 Å². The molecule has 1 aliphatic rings. The summed E-state index contributed by atoms with van der Waals surface area (Å²) in [6.07, 6.45) is 52.7. The fourth-order valence-electron chi connectivity index (χ4n) is 10.0. The Morgan fingerprint density at radius 1 is 0.382 bits per heavy atom. The first kappa shape index (κ1) is 64.3. The van der Waals surface area contributed by atoms with Crippen LogP contribution in [0.3, 0.4) is 0 Å². The van der Waals surface area contributed by atoms with E-state index in [0.717, 1.165) is 84.0 Å². The lowest BCUT2D eigenvalue weighted by atomic mass is 9.90. The monoisotopic (exact) mass is 961 g/mol. The highest BCUT2D eigenvalue weighted by molar-refractivity contribution is 5.70. The van der Waals surface area contributed by atoms with Crippen molar-refractivity contribution < 1.29 is 28.6 Å². The average molecular weight is 962 g/mol. The Labute approximate surface area is 423 Å². The summed E-state index contributed by atoms with van der Waals surface area (Å²) < 4.78 is 18.2. The number of unbranched alkanes of at least 4 members (excludes halogenated alkanes) is 36. The van der Waals surface area contributed by atoms with E-state index >= 15 is 0 Å². The molecule has 0 unspecified atom stereocenters. The van der Waals surface area contributed by atoms with Gasteiger partial charge in [-0.1, -0.05) is 252 Å². The predicted molar refractivity (Wildman–Crippen MR) is 289 cm³/mol. The zero-order valence-electron chi connectivity index (χ0n) is 46.1. The number of nitrogens with zero attached hydrogens (tertiary/aromatic N) is 2. The van der Waals surface area contributed by atoms with Crippen LogP contribution < -0.4 is 0 Å². The van der Waals surface area contributed by atoms with Crippen LogP contribution in [0.25, 0.3) is 0 Å². The van der Waals surface area contributed by atoms with Crippen LogP contribution in [0.4, 0.5) is 0 Å². The second-order valence-electron chi connectivity index (χ2n) is 21.7. The molecule has 0 aromatic heterocycles. The van der Waals surface area contributed by atoms with E-state index in [-0.39, 0.29) is 37.7 Å². The van der Waals surface area contributed by atoms with Gasteiger partial charge in [-0.05, 0) is 52.2 Å². The molecule has 0 aromatic rings. The van der Waals surface area contributed by atoms with Gasteiger partial charge < -0.3 is 24.0 Å². The van der Waals surface area contributed by atoms with Crippen LogP contribution in [-0.2, 0) is 28.6 Å². The third-order valence-electron chi connectivity index (χ3n) is 14.7. The molecule has 0 N–H and O–H groups in total. The second kappa shape index (κ2) is 48.9. The van der Waals surface area contributed by atoms with Gasteiger partial charge in [0.1, 0.15) is 19.8 Å². The van der Waals surface area contributed by atoms with E-state index < -0.39 is 5.41 Å². The summed E-state index contributed by atoms with van der Waals surface area (Å²) in [5.74, 6) is -0.642. The number of carbonyl (C=O) groups is 3. The maximum Gasteiger partial charge on any atom is 0.305 e. The fourth-order valence-corrected chi connectivity index (χ4v) is 10.0. The van der Waals surface area contributed by atoms with Gasteiger partial charge in [0.15, 0.2) is 0 Å². The van der Waals surface area contributed by atoms with Crippen LogP contribution in [0.1, 0.15) is 303 Å². The highest BCUT2D eigenvalue weighted by Crippen LogP contribution is 2.25. The van der Waals surface area contributed by atoms with E-state index in [1.165, 1.54) is 205 Å². The summed E-state index contributed by atoms with van der Waals surface area (Å²) in [7, 11) is 2.09. The van der Waals surface area contributed by atoms with Gasteiger partial charge in [-0.15, -0.1) is 0 Å². The number of carbonyl (C=O) groups excluding carboxylic acids is 3. The Morgan fingerprint density at radius 3 is 0.868 bits per heavy atom. The van der Waals surface area contributed by atoms with Crippen molar-refractivity contribution >= 4 is 17.9 Å². The fraction of sp³-hybridized carbons (Fsp3) is 0.950. The minimum Gasteiger partial charge on any atom is -0.465 e. The Hall–Kier alpha value is -1.67. The highest BCUT2D eigenvalue weighted by Gasteiger charge is 2.37. The van der Waals surface area contributed by atoms with E-state index in [2.05, 4.69) is 37.6 Å². The molecule has 0 radical (unpaired) electrons. The van der Waals surface area contributed by atoms with Crippen molar-refractivity contribution in [3.63, 3.8) is 0 Å². The number of likely N-dealkylation sites (tertiary alicyclic amines) is 1. The number of likely N-dealkylation sites (N-methyl/N-ethyl adjacent to an activating group) is 1. The van der Waals surface area contributed by atoms with Crippen molar-refractivity contribution in [2.75, 3.05) is 59.6 Å². The minimum absolute atomic E-state index is 0.0658. The molecule has 0 bridgehead atoms. The number of esters is 3. The van der Waals surface area contributed by atoms with E-state index in [1.807, 2.05) is 0 Å². The Bertz CT molecular complexity index is 1000. The standard InChI is InChI=1S/C60H116N2O6/c1-5-8-11-14-17-20-23-26-29-32-35-38-41-46-57(63)66-54-60(53-61(4)51-52-62-49-44-45-50-62,55-67-58(64)47-42-39-36-33-30-27-24-21-18-15-12-9-6-2)56-68-59(65)48-43-40-37-34-31-28-25-22-19-16-13-10-7-3/h5-56H2,1-4H3. The summed E-state index contributed by atoms with van der Waals surface area (Å²) in [5.41, 5.74) is -0.845. The number of rotatable bonds is 53. The molecule has 8 nitrogen and oxygen atoms in total. The molecule has 402 valence electrons. The first-order chi connectivity index (χ1) is 33.3. The molecule has 1 aliphatic heterocycles. The van der Waals surface area contributed by atoms with Gasteiger partial charge >= 0.3 is 17.9 Å². The average Bonchev–Trinajstić information content (AvgIpc) is 3.87. The van der Waals surface area contributed by atoms with Crippen LogP contribution in [0, 0.1) is 5.41 Å². The maximum atomic E-state index is 13.3. The van der Waals surface area contributed by atoms with Crippen molar-refractivity contribution in [1.82, 2.24) is 9.80 Å². The van der Waals surface area contributed by atoms with Crippen molar-refractivity contribution in [3.8, 4) is 0 Å². The summed E-state index contributed by atoms with van der Waals surface area (Å²) >= 11 is 0. The number of hydrogen-bond acceptors (Lipinski definition) is 8. The van der Waals surface area contributed by atoms with Crippen molar-refractivity contribution in [2.45, 2.75) is 303 Å². The van der Waals surface area contributed by atoms with Gasteiger partial charge in [0.05, 0.1) is 5.41 Å². The molecule has 1 fully saturated rings. The summed E-state index contributed by atoms with van der Waals surface area (Å²) in [6.45, 7) is 11.6. The molecular formula is C60H116N2O6. The predicted octanol–water partition coefficient (Wildman–Crippen LogP) is 17.1. The van der Waals surface area contributed by atoms with E-state index in [9.17, 15) is 14.4 Å². The number of hydrogen-bond donors (Lipinski definition) is 0. The third kappa shape index (κ3) is 42.1. The molecule has 0 spiro atoms. The van der Waals surface area contributed by atoms with Gasteiger partial charge in [-0.25, -0.2) is 0 Å². The zero-order chi connectivity index (χ0) is 49.3. The second-order valence-corrected chi connectivity index (χ2v) is 21.7. The smallest absolute Gasteiger partial charge is 0.305 e. The normalized spacial score (nSPS) is 13.2. The molecule has 0 aliphatic carbocycles. The highest BCUT2D eigenvalue weighted by atomic mass is 16.6. The van der Waals surface area contributed by atoms with Gasteiger partial charge in [0, 0.05) is 38.9 Å². The molecular weight excluding hydrogens is 845 g/mol. The topological polar surface area (TPSA) is 85.4 Å². The summed E-state index contributed by atoms with van der Waals surface area (Å²) in [6, 6.07) is 0. The van der Waals surface area contributed by atoms with Crippen LogP contribution >= 0.6 is 0 Å². The molecule has 1 heterocycles. The van der Waals surface area contributed by atoms with Gasteiger partial charge in [0.2, 0.25) is 0 Å². The lowest BCUT2D eigenvalue weighted by Crippen LogP contribution is -2.48. The zero-order valence-corrected chi connectivity index (χ0v) is 46.1. The Morgan fingerprint density at radius 2 is 0.618 bits per heavy atom. The van der Waals surface area contributed by atoms with Crippen LogP contribution in [0.5, 0.6) is 0 Å². The lowest BCUT2D eigenvalue weighted by Gasteiger charge is -2.36. The summed E-state index contributed by atoms with van der Waals surface area (Å²) in [4.78, 5) is 44.6. The summed E-state index contributed by atoms with van der Waals surface area (Å²) in [5, 5.41) is 0. The SMILES string of the molecule is CCCCCCCCCCCCCCCC(=O)OCC(COC(=O)CCCCCCCCCCCCCCC)(COC(=O)CCCCCCCCCCCCCCC)CN(C)CCN1CCCC1. The maximum absolute atomic E-state index is 13.3. The van der Waals surface area contributed by atoms with Gasteiger partial charge in [0.25, 0.3) is 0 Å². The van der Waals surface area contributed by atoms with Crippen molar-refractivity contribution in [1.29, 1.82) is 0 Å². The molecule has 0 saturated carbocycles. The van der Waals surface area contributed by atoms with Crippen LogP contribution in [-0.4, -0.2) is 87.3 Å². The van der Waals surface area contributed by atoms with Gasteiger partial charge in [-0.2, -0.15) is 0 Å². The van der Waals surface area contributed by atoms with E-state index in [1.54, 1.807) is 0 Å². The van der Waals surface area contributed by atoms with E-state index in [0.29, 0.717) is 25.8 Å². The van der Waals surface area contributed by atoms with Crippen LogP contribution in [0.2, 0.25) is 0 Å². The largest absolute Gasteiger partial charge is 0.465 e. The molecule has 0 atom stereocenters. The molecule has 0 amide bonds. The number of ether oxygens (including phenoxy) is 3. The Kier molecular flexibility index (Phi) is 46.3. The van der Waals surface area contributed by atoms with Crippen molar-refractivity contribution in [2.24, 2.45) is 5.41 Å². The lowest BCUT2D eigenvalue weighted by molar-refractivity contribution is -0.163. The van der Waals surface area contributed by atoms with Crippen LogP contribution in [0.15, 0.2) is 0 Å².